The highest BCUT2D eigenvalue weighted by molar-refractivity contribution is 9.10. The highest BCUT2D eigenvalue weighted by Gasteiger charge is 2.57. The van der Waals surface area contributed by atoms with Gasteiger partial charge in [-0.1, -0.05) is 34.1 Å². The summed E-state index contributed by atoms with van der Waals surface area (Å²) in [6.45, 7) is 1.89. The van der Waals surface area contributed by atoms with Crippen LogP contribution in [0.3, 0.4) is 0 Å². The van der Waals surface area contributed by atoms with Crippen molar-refractivity contribution in [2.24, 2.45) is 10.9 Å². The van der Waals surface area contributed by atoms with Gasteiger partial charge in [0.25, 0.3) is 11.9 Å². The van der Waals surface area contributed by atoms with Gasteiger partial charge < -0.3 is 4.74 Å². The Morgan fingerprint density at radius 1 is 1.32 bits per heavy atom. The third kappa shape index (κ3) is 2.95. The van der Waals surface area contributed by atoms with Crippen molar-refractivity contribution >= 4 is 27.9 Å². The Morgan fingerprint density at radius 3 is 2.84 bits per heavy atom. The number of hydrogen-bond acceptors (Lipinski definition) is 3. The Morgan fingerprint density at radius 2 is 2.08 bits per heavy atom. The van der Waals surface area contributed by atoms with Crippen LogP contribution in [0.5, 0.6) is 0 Å². The number of carbonyl (C=O) groups is 1. The first kappa shape index (κ1) is 16.3. The first-order valence-corrected chi connectivity index (χ1v) is 8.85. The standard InChI is InChI=1S/C19H16BrFN2O2/c1-19(13-9-12(20)7-8-15(13)21)14-10-16(14)25-18(23-19)22-17(24)11-5-3-2-4-6-11/h2-9,14,16H,10H2,1H3,(H,22,23,24)/t14-,16?,19-/m0/s1. The minimum atomic E-state index is -0.768. The van der Waals surface area contributed by atoms with E-state index in [4.69, 9.17) is 4.74 Å². The van der Waals surface area contributed by atoms with Crippen LogP contribution in [0.15, 0.2) is 58.0 Å². The van der Waals surface area contributed by atoms with Gasteiger partial charge in [-0.2, -0.15) is 0 Å². The van der Waals surface area contributed by atoms with E-state index in [1.165, 1.54) is 6.07 Å². The highest BCUT2D eigenvalue weighted by Crippen LogP contribution is 2.53. The fourth-order valence-electron chi connectivity index (χ4n) is 3.32. The molecule has 4 nitrogen and oxygen atoms in total. The van der Waals surface area contributed by atoms with Crippen LogP contribution in [-0.2, 0) is 10.3 Å². The molecule has 1 unspecified atom stereocenters. The Labute approximate surface area is 153 Å². The minimum Gasteiger partial charge on any atom is -0.461 e. The molecule has 0 saturated heterocycles. The van der Waals surface area contributed by atoms with Crippen LogP contribution in [0.2, 0.25) is 0 Å². The molecule has 25 heavy (non-hydrogen) atoms. The lowest BCUT2D eigenvalue weighted by Crippen LogP contribution is -2.41. The van der Waals surface area contributed by atoms with Crippen LogP contribution in [0.4, 0.5) is 4.39 Å². The van der Waals surface area contributed by atoms with Crippen LogP contribution in [-0.4, -0.2) is 18.0 Å². The van der Waals surface area contributed by atoms with Crippen molar-refractivity contribution in [1.29, 1.82) is 0 Å². The second-order valence-corrected chi connectivity index (χ2v) is 7.42. The number of amidine groups is 1. The zero-order valence-corrected chi connectivity index (χ0v) is 15.1. The number of amides is 1. The number of hydrogen-bond donors (Lipinski definition) is 1. The van der Waals surface area contributed by atoms with Crippen LogP contribution in [0.1, 0.15) is 29.3 Å². The van der Waals surface area contributed by atoms with E-state index in [0.717, 1.165) is 10.9 Å². The molecule has 1 fully saturated rings. The Hall–Kier alpha value is -2.21. The van der Waals surface area contributed by atoms with Gasteiger partial charge in [0.05, 0.1) is 5.54 Å². The lowest BCUT2D eigenvalue weighted by atomic mass is 9.86. The summed E-state index contributed by atoms with van der Waals surface area (Å²) in [4.78, 5) is 16.9. The average Bonchev–Trinajstić information content (AvgIpc) is 3.38. The number of rotatable bonds is 2. The van der Waals surface area contributed by atoms with Crippen LogP contribution < -0.4 is 5.32 Å². The summed E-state index contributed by atoms with van der Waals surface area (Å²) in [5.41, 5.74) is 0.252. The monoisotopic (exact) mass is 402 g/mol. The van der Waals surface area contributed by atoms with E-state index < -0.39 is 5.54 Å². The van der Waals surface area contributed by atoms with Crippen LogP contribution in [0.25, 0.3) is 0 Å². The molecule has 0 bridgehead atoms. The SMILES string of the molecule is C[C@@]1(c2cc(Br)ccc2F)N=C(NC(=O)c2ccccc2)OC2C[C@@H]21. The number of carbonyl (C=O) groups excluding carboxylic acids is 1. The molecule has 0 radical (unpaired) electrons. The number of nitrogens with zero attached hydrogens (tertiary/aromatic N) is 1. The smallest absolute Gasteiger partial charge is 0.292 e. The van der Waals surface area contributed by atoms with Gasteiger partial charge in [-0.15, -0.1) is 0 Å². The van der Waals surface area contributed by atoms with Gasteiger partial charge in [0, 0.05) is 21.5 Å². The van der Waals surface area contributed by atoms with Gasteiger partial charge in [0.15, 0.2) is 0 Å². The first-order chi connectivity index (χ1) is 12.0. The third-order valence-corrected chi connectivity index (χ3v) is 5.27. The summed E-state index contributed by atoms with van der Waals surface area (Å²) in [5.74, 6) is -0.500. The van der Waals surface area contributed by atoms with E-state index >= 15 is 0 Å². The second-order valence-electron chi connectivity index (χ2n) is 6.51. The van der Waals surface area contributed by atoms with Crippen molar-refractivity contribution in [3.63, 3.8) is 0 Å². The zero-order chi connectivity index (χ0) is 17.6. The van der Waals surface area contributed by atoms with Gasteiger partial charge in [0.1, 0.15) is 11.9 Å². The third-order valence-electron chi connectivity index (χ3n) is 4.78. The summed E-state index contributed by atoms with van der Waals surface area (Å²) in [6, 6.07) is 13.8. The molecule has 2 aromatic carbocycles. The molecule has 1 N–H and O–H groups in total. The molecule has 1 aliphatic carbocycles. The van der Waals surface area contributed by atoms with Gasteiger partial charge >= 0.3 is 0 Å². The molecule has 1 heterocycles. The summed E-state index contributed by atoms with van der Waals surface area (Å²) in [5, 5.41) is 2.71. The van der Waals surface area contributed by atoms with Crippen molar-refractivity contribution in [2.75, 3.05) is 0 Å². The molecule has 1 aliphatic heterocycles. The Bertz CT molecular complexity index is 871. The molecule has 1 saturated carbocycles. The molecule has 6 heteroatoms. The highest BCUT2D eigenvalue weighted by atomic mass is 79.9. The first-order valence-electron chi connectivity index (χ1n) is 8.06. The van der Waals surface area contributed by atoms with E-state index in [9.17, 15) is 9.18 Å². The molecular formula is C19H16BrFN2O2. The summed E-state index contributed by atoms with van der Waals surface area (Å²) in [6.07, 6.45) is 0.739. The predicted octanol–water partition coefficient (Wildman–Crippen LogP) is 4.01. The van der Waals surface area contributed by atoms with Gasteiger partial charge in [-0.05, 0) is 43.7 Å². The van der Waals surface area contributed by atoms with Gasteiger partial charge in [-0.25, -0.2) is 9.38 Å². The molecule has 0 spiro atoms. The largest absolute Gasteiger partial charge is 0.461 e. The molecule has 4 rings (SSSR count). The molecule has 0 aromatic heterocycles. The molecule has 1 amide bonds. The predicted molar refractivity (Wildman–Crippen MR) is 95.8 cm³/mol. The lowest BCUT2D eigenvalue weighted by Gasteiger charge is -2.31. The average molecular weight is 403 g/mol. The fourth-order valence-corrected chi connectivity index (χ4v) is 3.68. The van der Waals surface area contributed by atoms with Crippen molar-refractivity contribution in [1.82, 2.24) is 5.32 Å². The van der Waals surface area contributed by atoms with Gasteiger partial charge in [-0.3, -0.25) is 10.1 Å². The normalized spacial score (nSPS) is 26.9. The fraction of sp³-hybridized carbons (Fsp3) is 0.263. The minimum absolute atomic E-state index is 0.0491. The molecule has 2 aliphatic rings. The van der Waals surface area contributed by atoms with Crippen molar-refractivity contribution in [2.45, 2.75) is 25.0 Å². The number of nitrogens with one attached hydrogen (secondary N) is 1. The van der Waals surface area contributed by atoms with E-state index in [-0.39, 0.29) is 29.8 Å². The topological polar surface area (TPSA) is 50.7 Å². The zero-order valence-electron chi connectivity index (χ0n) is 13.5. The quantitative estimate of drug-likeness (QED) is 0.824. The van der Waals surface area contributed by atoms with E-state index in [1.807, 2.05) is 13.0 Å². The number of ether oxygens (including phenoxy) is 1. The summed E-state index contributed by atoms with van der Waals surface area (Å²) >= 11 is 3.39. The number of benzene rings is 2. The van der Waals surface area contributed by atoms with E-state index in [2.05, 4.69) is 26.2 Å². The van der Waals surface area contributed by atoms with Crippen molar-refractivity contribution in [3.8, 4) is 0 Å². The van der Waals surface area contributed by atoms with Crippen LogP contribution in [0, 0.1) is 11.7 Å². The second kappa shape index (κ2) is 5.95. The maximum atomic E-state index is 14.4. The molecule has 128 valence electrons. The van der Waals surface area contributed by atoms with Gasteiger partial charge in [0.2, 0.25) is 0 Å². The van der Waals surface area contributed by atoms with E-state index in [1.54, 1.807) is 36.4 Å². The Kier molecular flexibility index (Phi) is 3.87. The summed E-state index contributed by atoms with van der Waals surface area (Å²) in [7, 11) is 0. The molecular weight excluding hydrogens is 387 g/mol. The number of halogens is 2. The lowest BCUT2D eigenvalue weighted by molar-refractivity contribution is 0.0956. The number of fused-ring (bicyclic) bond motifs is 1. The molecule has 3 atom stereocenters. The maximum absolute atomic E-state index is 14.4. The van der Waals surface area contributed by atoms with Crippen molar-refractivity contribution in [3.05, 3.63) is 69.9 Å². The summed E-state index contributed by atoms with van der Waals surface area (Å²) < 4.78 is 20.9. The maximum Gasteiger partial charge on any atom is 0.292 e. The van der Waals surface area contributed by atoms with Crippen molar-refractivity contribution < 1.29 is 13.9 Å². The molecule has 2 aromatic rings. The van der Waals surface area contributed by atoms with E-state index in [0.29, 0.717) is 11.1 Å². The Balaban J connectivity index is 1.66. The van der Waals surface area contributed by atoms with Crippen LogP contribution >= 0.6 is 15.9 Å². The number of aliphatic imine (C=N–C) groups is 1.